The van der Waals surface area contributed by atoms with E-state index in [1.54, 1.807) is 12.3 Å². The minimum absolute atomic E-state index is 0.356. The van der Waals surface area contributed by atoms with Gasteiger partial charge in [0.15, 0.2) is 0 Å². The summed E-state index contributed by atoms with van der Waals surface area (Å²) in [6.07, 6.45) is 8.77. The fourth-order valence-electron chi connectivity index (χ4n) is 2.61. The molecule has 130 valence electrons. The lowest BCUT2D eigenvalue weighted by Gasteiger charge is -2.16. The molecule has 0 radical (unpaired) electrons. The van der Waals surface area contributed by atoms with Crippen molar-refractivity contribution >= 4 is 49.1 Å². The third-order valence-electron chi connectivity index (χ3n) is 3.69. The Bertz CT molecular complexity index is 955. The molecule has 25 heavy (non-hydrogen) atoms. The molecule has 1 aliphatic heterocycles. The fourth-order valence-corrected chi connectivity index (χ4v) is 3.90. The first-order chi connectivity index (χ1) is 11.9. The van der Waals surface area contributed by atoms with E-state index < -0.39 is 10.0 Å². The zero-order valence-corrected chi connectivity index (χ0v) is 15.9. The Kier molecular flexibility index (Phi) is 4.83. The summed E-state index contributed by atoms with van der Waals surface area (Å²) in [5, 5.41) is 6.13. The van der Waals surface area contributed by atoms with Crippen LogP contribution in [0.15, 0.2) is 28.9 Å². The lowest BCUT2D eigenvalue weighted by atomic mass is 10.1. The molecule has 0 bridgehead atoms. The van der Waals surface area contributed by atoms with Crippen LogP contribution in [0.4, 0.5) is 23.1 Å². The van der Waals surface area contributed by atoms with Crippen molar-refractivity contribution in [3.63, 3.8) is 0 Å². The van der Waals surface area contributed by atoms with Crippen LogP contribution in [0.25, 0.3) is 0 Å². The molecule has 0 spiro atoms. The fraction of sp³-hybridized carbons (Fsp3) is 0.250. The summed E-state index contributed by atoms with van der Waals surface area (Å²) in [7, 11) is -3.25. The third kappa shape index (κ3) is 3.86. The molecule has 0 fully saturated rings. The number of halogens is 1. The number of anilines is 4. The second kappa shape index (κ2) is 6.90. The van der Waals surface area contributed by atoms with Gasteiger partial charge in [0.05, 0.1) is 23.0 Å². The Morgan fingerprint density at radius 1 is 1.44 bits per heavy atom. The Labute approximate surface area is 155 Å². The van der Waals surface area contributed by atoms with E-state index in [1.165, 1.54) is 10.6 Å². The number of terminal acetylenes is 1. The van der Waals surface area contributed by atoms with Gasteiger partial charge in [0.25, 0.3) is 0 Å². The van der Waals surface area contributed by atoms with Crippen molar-refractivity contribution < 1.29 is 8.42 Å². The molecule has 1 aliphatic rings. The third-order valence-corrected chi connectivity index (χ3v) is 5.45. The number of rotatable bonds is 5. The highest BCUT2D eigenvalue weighted by molar-refractivity contribution is 9.10. The first kappa shape index (κ1) is 17.5. The Hall–Kier alpha value is -2.31. The number of aromatic nitrogens is 2. The van der Waals surface area contributed by atoms with Gasteiger partial charge in [-0.1, -0.05) is 5.92 Å². The van der Waals surface area contributed by atoms with Gasteiger partial charge in [-0.25, -0.2) is 13.4 Å². The summed E-state index contributed by atoms with van der Waals surface area (Å²) in [6, 6.07) is 5.52. The molecule has 9 heteroatoms. The maximum absolute atomic E-state index is 11.8. The number of sulfonamides is 1. The van der Waals surface area contributed by atoms with E-state index in [4.69, 9.17) is 6.42 Å². The van der Waals surface area contributed by atoms with Crippen LogP contribution in [-0.2, 0) is 16.4 Å². The maximum atomic E-state index is 11.8. The Morgan fingerprint density at radius 3 is 2.96 bits per heavy atom. The topological polar surface area (TPSA) is 87.2 Å². The van der Waals surface area contributed by atoms with Crippen molar-refractivity contribution in [3.8, 4) is 12.3 Å². The molecular weight excluding hydrogens is 406 g/mol. The van der Waals surface area contributed by atoms with E-state index in [9.17, 15) is 8.42 Å². The van der Waals surface area contributed by atoms with Crippen LogP contribution >= 0.6 is 15.9 Å². The van der Waals surface area contributed by atoms with E-state index in [0.717, 1.165) is 16.9 Å². The normalized spacial score (nSPS) is 13.2. The average molecular weight is 422 g/mol. The molecule has 2 heterocycles. The van der Waals surface area contributed by atoms with Gasteiger partial charge in [0.1, 0.15) is 5.82 Å². The Morgan fingerprint density at radius 2 is 2.24 bits per heavy atom. The summed E-state index contributed by atoms with van der Waals surface area (Å²) in [5.41, 5.74) is 2.48. The van der Waals surface area contributed by atoms with Crippen LogP contribution in [-0.4, -0.2) is 37.7 Å². The molecule has 0 amide bonds. The first-order valence-corrected chi connectivity index (χ1v) is 10.1. The summed E-state index contributed by atoms with van der Waals surface area (Å²) in [6.45, 7) is 0.821. The summed E-state index contributed by atoms with van der Waals surface area (Å²) < 4.78 is 25.7. The predicted octanol–water partition coefficient (Wildman–Crippen LogP) is 2.35. The lowest BCUT2D eigenvalue weighted by Crippen LogP contribution is -2.27. The largest absolute Gasteiger partial charge is 0.358 e. The van der Waals surface area contributed by atoms with E-state index >= 15 is 0 Å². The molecule has 0 atom stereocenters. The van der Waals surface area contributed by atoms with Gasteiger partial charge < -0.3 is 10.6 Å². The maximum Gasteiger partial charge on any atom is 0.232 e. The Balaban J connectivity index is 1.82. The summed E-state index contributed by atoms with van der Waals surface area (Å²) in [4.78, 5) is 8.59. The number of fused-ring (bicyclic) bond motifs is 1. The SMILES string of the molecule is C#CCNc1nc(Nc2ccc3c(c2)CCN3S(C)(=O)=O)ncc1Br. The molecule has 7 nitrogen and oxygen atoms in total. The molecular formula is C16H16BrN5O2S. The number of nitrogens with zero attached hydrogens (tertiary/aromatic N) is 3. The zero-order valence-electron chi connectivity index (χ0n) is 13.5. The van der Waals surface area contributed by atoms with Crippen LogP contribution < -0.4 is 14.9 Å². The van der Waals surface area contributed by atoms with Crippen LogP contribution in [0.5, 0.6) is 0 Å². The van der Waals surface area contributed by atoms with Crippen molar-refractivity contribution in [3.05, 3.63) is 34.4 Å². The van der Waals surface area contributed by atoms with Gasteiger partial charge >= 0.3 is 0 Å². The van der Waals surface area contributed by atoms with E-state index in [1.807, 2.05) is 12.1 Å². The molecule has 0 unspecified atom stereocenters. The summed E-state index contributed by atoms with van der Waals surface area (Å²) in [5.74, 6) is 3.50. The average Bonchev–Trinajstić information content (AvgIpc) is 2.98. The van der Waals surface area contributed by atoms with Crippen molar-refractivity contribution in [2.45, 2.75) is 6.42 Å². The van der Waals surface area contributed by atoms with Gasteiger partial charge in [-0.05, 0) is 46.1 Å². The number of benzene rings is 1. The molecule has 0 saturated carbocycles. The van der Waals surface area contributed by atoms with Crippen LogP contribution in [0.3, 0.4) is 0 Å². The molecule has 1 aromatic carbocycles. The molecule has 2 N–H and O–H groups in total. The van der Waals surface area contributed by atoms with Gasteiger partial charge in [-0.3, -0.25) is 4.31 Å². The van der Waals surface area contributed by atoms with Gasteiger partial charge in [0.2, 0.25) is 16.0 Å². The quantitative estimate of drug-likeness (QED) is 0.720. The van der Waals surface area contributed by atoms with Crippen LogP contribution in [0, 0.1) is 12.3 Å². The highest BCUT2D eigenvalue weighted by Crippen LogP contribution is 2.32. The van der Waals surface area contributed by atoms with Crippen molar-refractivity contribution in [1.82, 2.24) is 9.97 Å². The monoisotopic (exact) mass is 421 g/mol. The number of hydrogen-bond donors (Lipinski definition) is 2. The highest BCUT2D eigenvalue weighted by atomic mass is 79.9. The highest BCUT2D eigenvalue weighted by Gasteiger charge is 2.26. The zero-order chi connectivity index (χ0) is 18.0. The van der Waals surface area contributed by atoms with Crippen LogP contribution in [0.2, 0.25) is 0 Å². The van der Waals surface area contributed by atoms with Crippen molar-refractivity contribution in [1.29, 1.82) is 0 Å². The second-order valence-electron chi connectivity index (χ2n) is 5.50. The molecule has 1 aromatic heterocycles. The summed E-state index contributed by atoms with van der Waals surface area (Å²) >= 11 is 3.37. The number of nitrogens with one attached hydrogen (secondary N) is 2. The molecule has 0 aliphatic carbocycles. The van der Waals surface area contributed by atoms with Gasteiger partial charge in [0, 0.05) is 18.4 Å². The lowest BCUT2D eigenvalue weighted by molar-refractivity contribution is 0.598. The van der Waals surface area contributed by atoms with Gasteiger partial charge in [-0.15, -0.1) is 6.42 Å². The number of hydrogen-bond acceptors (Lipinski definition) is 6. The van der Waals surface area contributed by atoms with E-state index in [0.29, 0.717) is 35.7 Å². The van der Waals surface area contributed by atoms with Crippen molar-refractivity contribution in [2.75, 3.05) is 34.3 Å². The van der Waals surface area contributed by atoms with Crippen LogP contribution in [0.1, 0.15) is 5.56 Å². The first-order valence-electron chi connectivity index (χ1n) is 7.46. The predicted molar refractivity (Wildman–Crippen MR) is 103 cm³/mol. The second-order valence-corrected chi connectivity index (χ2v) is 8.26. The molecule has 0 saturated heterocycles. The van der Waals surface area contributed by atoms with Crippen molar-refractivity contribution in [2.24, 2.45) is 0 Å². The minimum Gasteiger partial charge on any atom is -0.358 e. The standard InChI is InChI=1S/C16H16BrN5O2S/c1-3-7-18-15-13(17)10-19-16(21-15)20-12-4-5-14-11(9-12)6-8-22(14)25(2,23)24/h1,4-5,9-10H,6-8H2,2H3,(H2,18,19,20,21). The van der Waals surface area contributed by atoms with E-state index in [2.05, 4.69) is 42.5 Å². The van der Waals surface area contributed by atoms with Gasteiger partial charge in [-0.2, -0.15) is 4.98 Å². The molecule has 3 rings (SSSR count). The molecule has 2 aromatic rings. The minimum atomic E-state index is -3.25. The smallest absolute Gasteiger partial charge is 0.232 e. The van der Waals surface area contributed by atoms with E-state index in [-0.39, 0.29) is 0 Å².